The van der Waals surface area contributed by atoms with Crippen LogP contribution >= 0.6 is 0 Å². The third-order valence-electron chi connectivity index (χ3n) is 29.0. The van der Waals surface area contributed by atoms with Crippen LogP contribution in [-0.4, -0.2) is 42.4 Å². The van der Waals surface area contributed by atoms with Crippen molar-refractivity contribution in [3.63, 3.8) is 0 Å². The fourth-order valence-corrected chi connectivity index (χ4v) is 22.1. The molecule has 0 bridgehead atoms. The first kappa shape index (κ1) is 97.9. The first-order valence-electron chi connectivity index (χ1n) is 51.1. The number of anilines is 3. The topological polar surface area (TPSA) is 71.5 Å². The number of nitrogens with zero attached hydrogens (tertiary/aromatic N) is 10. The van der Waals surface area contributed by atoms with Crippen LogP contribution in [0.5, 0.6) is 0 Å². The van der Waals surface area contributed by atoms with E-state index in [9.17, 15) is 0 Å². The predicted molar refractivity (Wildman–Crippen MR) is 612 cm³/mol. The van der Waals surface area contributed by atoms with Crippen LogP contribution in [-0.2, 0) is 20.1 Å². The summed E-state index contributed by atoms with van der Waals surface area (Å²) in [6.07, 6.45) is 14.9. The second-order valence-corrected chi connectivity index (χ2v) is 39.1. The second kappa shape index (κ2) is 43.2. The minimum Gasteiger partial charge on any atom is -0.340 e. The SMILES string of the molecule is CCC(C)c1ccc2c(c1)c1ccccc1n2-c1ccc(-c2ccc(N(c3ccccc3)c3ccccc3)cc2)cc1.CCC(CC(C)c1ccc2c(c1)c1ccccc1n2-c1ccc(-c2cccc(-n3c4ccccc4c4ccccc43)c2)cc1)c1c[c-]c(-c2nccn2-c2c(C)cc(C)cc2C)cc1.Cc1cc(C)c(-n2ccnc2-c2[c-]cccc2)c(C)c1.Cc1cc(C)c(-n2ccnc2-c2[c-]cccc2)c(C)c1.[Ir+3]. The van der Waals surface area contributed by atoms with Gasteiger partial charge in [0.2, 0.25) is 0 Å². The molecular weight excluding hydrogens is 1970 g/mol. The fourth-order valence-electron chi connectivity index (χ4n) is 22.1. The van der Waals surface area contributed by atoms with Gasteiger partial charge in [-0.25, -0.2) is 0 Å². The molecule has 18 aromatic carbocycles. The Morgan fingerprint density at radius 2 is 0.612 bits per heavy atom. The quantitative estimate of drug-likeness (QED) is 0.0672. The summed E-state index contributed by atoms with van der Waals surface area (Å²) < 4.78 is 13.7. The van der Waals surface area contributed by atoms with Crippen LogP contribution in [0, 0.1) is 80.5 Å². The largest absolute Gasteiger partial charge is 3.00 e. The average Bonchev–Trinajstić information content (AvgIpc) is 1.62. The summed E-state index contributed by atoms with van der Waals surface area (Å²) in [6, 6.07) is 152. The van der Waals surface area contributed by atoms with Gasteiger partial charge in [-0.15, -0.1) is 107 Å². The molecule has 147 heavy (non-hydrogen) atoms. The van der Waals surface area contributed by atoms with Crippen LogP contribution < -0.4 is 4.90 Å². The Morgan fingerprint density at radius 1 is 0.272 bits per heavy atom. The average molecular weight is 2090 g/mol. The zero-order valence-electron chi connectivity index (χ0n) is 85.7. The molecule has 0 saturated carbocycles. The Balaban J connectivity index is 0.000000134. The normalized spacial score (nSPS) is 11.9. The number of benzene rings is 18. The van der Waals surface area contributed by atoms with Crippen molar-refractivity contribution in [2.24, 2.45) is 0 Å². The molecule has 0 amide bonds. The van der Waals surface area contributed by atoms with Gasteiger partial charge in [0.25, 0.3) is 0 Å². The fraction of sp³-hybridized carbons (Fsp3) is 0.140. The van der Waals surface area contributed by atoms with Gasteiger partial charge in [0.1, 0.15) is 0 Å². The summed E-state index contributed by atoms with van der Waals surface area (Å²) in [6.45, 7) is 28.6. The summed E-state index contributed by atoms with van der Waals surface area (Å²) >= 11 is 0. The third-order valence-corrected chi connectivity index (χ3v) is 29.0. The van der Waals surface area contributed by atoms with Gasteiger partial charge in [0, 0.05) is 121 Å². The molecule has 6 aromatic heterocycles. The molecule has 0 fully saturated rings. The number of aryl methyl sites for hydroxylation is 9. The van der Waals surface area contributed by atoms with Crippen LogP contribution in [0.1, 0.15) is 131 Å². The number of rotatable bonds is 21. The maximum absolute atomic E-state index is 4.79. The van der Waals surface area contributed by atoms with E-state index in [2.05, 4.69) is 502 Å². The Morgan fingerprint density at radius 3 is 0.993 bits per heavy atom. The molecule has 3 atom stereocenters. The Labute approximate surface area is 877 Å². The van der Waals surface area contributed by atoms with Crippen molar-refractivity contribution >= 4 is 82.5 Å². The first-order chi connectivity index (χ1) is 71.4. The summed E-state index contributed by atoms with van der Waals surface area (Å²) in [4.78, 5) is 16.1. The monoisotopic (exact) mass is 2080 g/mol. The molecule has 0 N–H and O–H groups in total. The first-order valence-corrected chi connectivity index (χ1v) is 51.1. The molecule has 10 nitrogen and oxygen atoms in total. The summed E-state index contributed by atoms with van der Waals surface area (Å²) in [5, 5.41) is 7.75. The number of hydrogen-bond donors (Lipinski definition) is 0. The molecule has 0 radical (unpaired) electrons. The van der Waals surface area contributed by atoms with E-state index in [-0.39, 0.29) is 20.1 Å². The van der Waals surface area contributed by atoms with E-state index in [0.717, 1.165) is 81.9 Å². The number of hydrogen-bond acceptors (Lipinski definition) is 4. The van der Waals surface area contributed by atoms with Gasteiger partial charge in [-0.3, -0.25) is 15.0 Å². The predicted octanol–water partition coefficient (Wildman–Crippen LogP) is 35.8. The van der Waals surface area contributed by atoms with Gasteiger partial charge in [-0.1, -0.05) is 263 Å². The zero-order chi connectivity index (χ0) is 100. The van der Waals surface area contributed by atoms with Crippen molar-refractivity contribution in [3.05, 3.63) is 516 Å². The van der Waals surface area contributed by atoms with Crippen LogP contribution in [0.4, 0.5) is 17.1 Å². The molecule has 0 aliphatic heterocycles. The van der Waals surface area contributed by atoms with Gasteiger partial charge in [-0.05, 0) is 275 Å². The maximum Gasteiger partial charge on any atom is 3.00 e. The molecule has 24 rings (SSSR count). The van der Waals surface area contributed by atoms with E-state index in [4.69, 9.17) is 4.98 Å². The number of para-hydroxylation sites is 6. The second-order valence-electron chi connectivity index (χ2n) is 39.1. The van der Waals surface area contributed by atoms with Crippen molar-refractivity contribution in [1.82, 2.24) is 42.4 Å². The van der Waals surface area contributed by atoms with E-state index in [1.165, 1.54) is 177 Å². The van der Waals surface area contributed by atoms with Crippen LogP contribution in [0.3, 0.4) is 0 Å². The molecule has 0 spiro atoms. The van der Waals surface area contributed by atoms with Gasteiger partial charge in [-0.2, -0.15) is 0 Å². The molecule has 11 heteroatoms. The molecular formula is C136H119IrN10. The van der Waals surface area contributed by atoms with E-state index in [1.54, 1.807) is 0 Å². The summed E-state index contributed by atoms with van der Waals surface area (Å²) in [5.74, 6) is 4.13. The van der Waals surface area contributed by atoms with Crippen LogP contribution in [0.2, 0.25) is 0 Å². The molecule has 24 aromatic rings. The zero-order valence-corrected chi connectivity index (χ0v) is 88.0. The van der Waals surface area contributed by atoms with Gasteiger partial charge in [0.05, 0.1) is 50.6 Å². The third kappa shape index (κ3) is 19.8. The molecule has 6 heterocycles. The van der Waals surface area contributed by atoms with Gasteiger partial charge in [0.15, 0.2) is 0 Å². The van der Waals surface area contributed by atoms with Crippen molar-refractivity contribution < 1.29 is 20.1 Å². The van der Waals surface area contributed by atoms with Crippen LogP contribution in [0.15, 0.2) is 431 Å². The Hall–Kier alpha value is -16.6. The smallest absolute Gasteiger partial charge is 0.340 e. The summed E-state index contributed by atoms with van der Waals surface area (Å²) in [5.41, 5.74) is 41.3. The standard InChI is InChI=1S/C60H51N4.C40H34N2.2C18H17N2.Ir/c1-6-43(44-22-24-46(25-23-44)60-61-32-33-62(60)59-41(4)34-39(2)35-42(59)5)36-40(3)47-28-31-58-54(38-47)53-18-9-12-21-57(53)63(58)49-29-26-45(27-30-49)48-14-13-15-50(37-48)64-55-19-10-7-16-51(55)52-17-8-11-20-56(52)64;1-3-29(2)32-22-27-40-38(28-32)37-16-10-11-17-39(37)42(40)36-25-20-31(21-26-36)30-18-23-35(24-19-30)41(33-12-6-4-7-13-33)34-14-8-5-9-15-34;2*1-13-11-14(2)17(15(3)12-13)20-10-9-19-18(20)16-7-5-4-6-8-16;/h7-24,26-35,37-38,40,43H,6,36H2,1-5H3;4-29H,3H2,1-2H3;2*4-7,9-12H,1-3H3;/q-1;;2*-1;+3. The van der Waals surface area contributed by atoms with E-state index < -0.39 is 0 Å². The van der Waals surface area contributed by atoms with Crippen molar-refractivity contribution in [1.29, 1.82) is 0 Å². The van der Waals surface area contributed by atoms with Gasteiger partial charge >= 0.3 is 20.1 Å². The van der Waals surface area contributed by atoms with Crippen LogP contribution in [0.25, 0.3) is 156 Å². The van der Waals surface area contributed by atoms with Gasteiger partial charge < -0.3 is 32.3 Å². The number of imidazole rings is 3. The molecule has 3 unspecified atom stereocenters. The van der Waals surface area contributed by atoms with E-state index in [0.29, 0.717) is 17.8 Å². The minimum atomic E-state index is 0. The van der Waals surface area contributed by atoms with E-state index >= 15 is 0 Å². The van der Waals surface area contributed by atoms with Crippen molar-refractivity contribution in [3.8, 4) is 90.5 Å². The van der Waals surface area contributed by atoms with Crippen molar-refractivity contribution in [2.75, 3.05) is 4.90 Å². The number of fused-ring (bicyclic) bond motifs is 9. The van der Waals surface area contributed by atoms with E-state index in [1.807, 2.05) is 79.5 Å². The molecule has 0 saturated heterocycles. The maximum atomic E-state index is 4.79. The van der Waals surface area contributed by atoms with Crippen molar-refractivity contribution in [2.45, 2.75) is 127 Å². The molecule has 0 aliphatic rings. The Kier molecular flexibility index (Phi) is 28.7. The minimum absolute atomic E-state index is 0. The molecule has 722 valence electrons. The number of aromatic nitrogens is 9. The summed E-state index contributed by atoms with van der Waals surface area (Å²) in [7, 11) is 0. The Bertz CT molecular complexity index is 8490. The molecule has 0 aliphatic carbocycles.